The molecule has 0 unspecified atom stereocenters. The second kappa shape index (κ2) is 5.53. The Hall–Kier alpha value is -1.21. The molecule has 0 spiro atoms. The Labute approximate surface area is 125 Å². The SMILES string of the molecule is CNC1=N[C@@]2(c3cccc(F)c3F)CO[C@H](CF)[C@H]2CS1. The van der Waals surface area contributed by atoms with Gasteiger partial charge in [-0.3, -0.25) is 0 Å². The van der Waals surface area contributed by atoms with Crippen molar-refractivity contribution in [2.24, 2.45) is 10.9 Å². The van der Waals surface area contributed by atoms with Crippen LogP contribution in [-0.2, 0) is 10.3 Å². The minimum atomic E-state index is -1.06. The van der Waals surface area contributed by atoms with Gasteiger partial charge in [-0.25, -0.2) is 18.2 Å². The highest BCUT2D eigenvalue weighted by Crippen LogP contribution is 2.48. The van der Waals surface area contributed by atoms with Crippen molar-refractivity contribution in [3.63, 3.8) is 0 Å². The number of hydrogen-bond acceptors (Lipinski definition) is 4. The van der Waals surface area contributed by atoms with E-state index in [9.17, 15) is 13.2 Å². The largest absolute Gasteiger partial charge is 0.372 e. The van der Waals surface area contributed by atoms with Crippen molar-refractivity contribution in [1.82, 2.24) is 5.32 Å². The third-order valence-corrected chi connectivity index (χ3v) is 5.16. The number of nitrogens with zero attached hydrogens (tertiary/aromatic N) is 1. The monoisotopic (exact) mass is 316 g/mol. The smallest absolute Gasteiger partial charge is 0.164 e. The highest BCUT2D eigenvalue weighted by atomic mass is 32.2. The van der Waals surface area contributed by atoms with Gasteiger partial charge < -0.3 is 10.1 Å². The molecule has 114 valence electrons. The molecule has 3 nitrogen and oxygen atoms in total. The van der Waals surface area contributed by atoms with Crippen LogP contribution in [0, 0.1) is 17.6 Å². The highest BCUT2D eigenvalue weighted by Gasteiger charge is 2.54. The molecule has 21 heavy (non-hydrogen) atoms. The predicted octanol–water partition coefficient (Wildman–Crippen LogP) is 2.47. The Morgan fingerprint density at radius 2 is 2.29 bits per heavy atom. The molecule has 1 saturated heterocycles. The lowest BCUT2D eigenvalue weighted by molar-refractivity contribution is 0.0720. The number of halogens is 3. The summed E-state index contributed by atoms with van der Waals surface area (Å²) in [6, 6.07) is 4.01. The van der Waals surface area contributed by atoms with Crippen molar-refractivity contribution in [2.45, 2.75) is 11.6 Å². The average Bonchev–Trinajstić information content (AvgIpc) is 2.88. The molecule has 0 aliphatic carbocycles. The molecular weight excluding hydrogens is 301 g/mol. The van der Waals surface area contributed by atoms with Crippen molar-refractivity contribution < 1.29 is 17.9 Å². The van der Waals surface area contributed by atoms with Crippen molar-refractivity contribution >= 4 is 16.9 Å². The fourth-order valence-corrected chi connectivity index (χ4v) is 4.16. The van der Waals surface area contributed by atoms with Gasteiger partial charge in [-0.1, -0.05) is 23.9 Å². The van der Waals surface area contributed by atoms with Crippen molar-refractivity contribution in [2.75, 3.05) is 26.1 Å². The second-order valence-corrected chi connectivity index (χ2v) is 6.12. The minimum Gasteiger partial charge on any atom is -0.372 e. The second-order valence-electron chi connectivity index (χ2n) is 5.11. The average molecular weight is 316 g/mol. The normalized spacial score (nSPS) is 31.7. The maximum absolute atomic E-state index is 14.3. The Bertz CT molecular complexity index is 583. The summed E-state index contributed by atoms with van der Waals surface area (Å²) in [7, 11) is 1.71. The number of rotatable bonds is 2. The van der Waals surface area contributed by atoms with E-state index >= 15 is 0 Å². The van der Waals surface area contributed by atoms with Gasteiger partial charge in [0.2, 0.25) is 0 Å². The van der Waals surface area contributed by atoms with Crippen LogP contribution in [0.25, 0.3) is 0 Å². The van der Waals surface area contributed by atoms with Gasteiger partial charge in [-0.15, -0.1) is 0 Å². The summed E-state index contributed by atoms with van der Waals surface area (Å²) in [5.41, 5.74) is -0.927. The van der Waals surface area contributed by atoms with Gasteiger partial charge in [-0.2, -0.15) is 0 Å². The fourth-order valence-electron chi connectivity index (χ4n) is 2.96. The molecule has 3 rings (SSSR count). The van der Waals surface area contributed by atoms with Gasteiger partial charge in [0.1, 0.15) is 12.2 Å². The van der Waals surface area contributed by atoms with Crippen LogP contribution >= 0.6 is 11.8 Å². The quantitative estimate of drug-likeness (QED) is 0.910. The maximum atomic E-state index is 14.3. The lowest BCUT2D eigenvalue weighted by Crippen LogP contribution is -2.43. The highest BCUT2D eigenvalue weighted by molar-refractivity contribution is 8.13. The van der Waals surface area contributed by atoms with Crippen LogP contribution < -0.4 is 5.32 Å². The molecule has 0 bridgehead atoms. The van der Waals surface area contributed by atoms with Crippen LogP contribution in [0.2, 0.25) is 0 Å². The number of nitrogens with one attached hydrogen (secondary N) is 1. The first-order chi connectivity index (χ1) is 10.1. The van der Waals surface area contributed by atoms with E-state index in [1.54, 1.807) is 7.05 Å². The molecule has 2 aliphatic heterocycles. The lowest BCUT2D eigenvalue weighted by Gasteiger charge is -2.36. The number of aliphatic imine (C=N–C) groups is 1. The summed E-state index contributed by atoms with van der Waals surface area (Å²) in [6.45, 7) is -0.604. The van der Waals surface area contributed by atoms with Gasteiger partial charge in [0.15, 0.2) is 16.8 Å². The van der Waals surface area contributed by atoms with Crippen molar-refractivity contribution in [3.05, 3.63) is 35.4 Å². The number of hydrogen-bond donors (Lipinski definition) is 1. The van der Waals surface area contributed by atoms with Gasteiger partial charge >= 0.3 is 0 Å². The van der Waals surface area contributed by atoms with E-state index in [4.69, 9.17) is 4.74 Å². The molecule has 2 aliphatic rings. The van der Waals surface area contributed by atoms with Crippen LogP contribution in [0.4, 0.5) is 13.2 Å². The zero-order valence-corrected chi connectivity index (χ0v) is 12.2. The predicted molar refractivity (Wildman–Crippen MR) is 76.2 cm³/mol. The standard InChI is InChI=1S/C14H15F3N2OS/c1-18-13-19-14(8-3-2-4-10(16)12(8)17)7-20-11(5-15)9(14)6-21-13/h2-4,9,11H,5-7H2,1H3,(H,18,19)/t9-,11-,14-/m1/s1. The summed E-state index contributed by atoms with van der Waals surface area (Å²) in [4.78, 5) is 4.53. The van der Waals surface area contributed by atoms with Gasteiger partial charge in [0.05, 0.1) is 12.7 Å². The van der Waals surface area contributed by atoms with Crippen LogP contribution in [-0.4, -0.2) is 37.4 Å². The molecule has 2 heterocycles. The molecular formula is C14H15F3N2OS. The molecule has 1 N–H and O–H groups in total. The number of benzene rings is 1. The van der Waals surface area contributed by atoms with Gasteiger partial charge in [-0.05, 0) is 6.07 Å². The Balaban J connectivity index is 2.15. The summed E-state index contributed by atoms with van der Waals surface area (Å²) in [5.74, 6) is -1.63. The first kappa shape index (κ1) is 14.7. The van der Waals surface area contributed by atoms with E-state index < -0.39 is 30.0 Å². The van der Waals surface area contributed by atoms with Crippen molar-refractivity contribution in [1.29, 1.82) is 0 Å². The first-order valence-corrected chi connectivity index (χ1v) is 7.63. The van der Waals surface area contributed by atoms with E-state index in [-0.39, 0.29) is 18.1 Å². The lowest BCUT2D eigenvalue weighted by atomic mass is 9.79. The molecule has 3 atom stereocenters. The van der Waals surface area contributed by atoms with Crippen LogP contribution in [0.15, 0.2) is 23.2 Å². The molecule has 1 aromatic carbocycles. The third kappa shape index (κ3) is 2.23. The van der Waals surface area contributed by atoms with Crippen molar-refractivity contribution in [3.8, 4) is 0 Å². The maximum Gasteiger partial charge on any atom is 0.164 e. The Kier molecular flexibility index (Phi) is 3.88. The summed E-state index contributed by atoms with van der Waals surface area (Å²) < 4.78 is 46.5. The molecule has 0 amide bonds. The number of alkyl halides is 1. The Morgan fingerprint density at radius 3 is 3.00 bits per heavy atom. The zero-order valence-electron chi connectivity index (χ0n) is 11.4. The van der Waals surface area contributed by atoms with E-state index in [2.05, 4.69) is 10.3 Å². The number of ether oxygens (including phenoxy) is 1. The summed E-state index contributed by atoms with van der Waals surface area (Å²) in [6.07, 6.45) is -0.637. The van der Waals surface area contributed by atoms with Gasteiger partial charge in [0, 0.05) is 24.3 Å². The molecule has 1 fully saturated rings. The first-order valence-electron chi connectivity index (χ1n) is 6.65. The summed E-state index contributed by atoms with van der Waals surface area (Å²) in [5, 5.41) is 3.55. The van der Waals surface area contributed by atoms with E-state index in [1.165, 1.54) is 23.9 Å². The van der Waals surface area contributed by atoms with Crippen LogP contribution in [0.3, 0.4) is 0 Å². The molecule has 0 radical (unpaired) electrons. The summed E-state index contributed by atoms with van der Waals surface area (Å²) >= 11 is 1.44. The van der Waals surface area contributed by atoms with E-state index in [0.717, 1.165) is 6.07 Å². The third-order valence-electron chi connectivity index (χ3n) is 4.06. The molecule has 0 saturated carbocycles. The van der Waals surface area contributed by atoms with E-state index in [1.807, 2.05) is 0 Å². The molecule has 0 aromatic heterocycles. The van der Waals surface area contributed by atoms with Gasteiger partial charge in [0.25, 0.3) is 0 Å². The van der Waals surface area contributed by atoms with Crippen LogP contribution in [0.5, 0.6) is 0 Å². The zero-order chi connectivity index (χ0) is 15.0. The molecule has 7 heteroatoms. The minimum absolute atomic E-state index is 0.0539. The fraction of sp³-hybridized carbons (Fsp3) is 0.500. The topological polar surface area (TPSA) is 33.6 Å². The molecule has 1 aromatic rings. The number of amidine groups is 1. The number of fused-ring (bicyclic) bond motifs is 1. The van der Waals surface area contributed by atoms with E-state index in [0.29, 0.717) is 10.9 Å². The van der Waals surface area contributed by atoms with Crippen LogP contribution in [0.1, 0.15) is 5.56 Å². The number of thioether (sulfide) groups is 1. The Morgan fingerprint density at radius 1 is 1.48 bits per heavy atom.